The van der Waals surface area contributed by atoms with E-state index in [4.69, 9.17) is 9.47 Å². The first-order chi connectivity index (χ1) is 13.2. The topological polar surface area (TPSA) is 91.2 Å². The first kappa shape index (κ1) is 18.7. The van der Waals surface area contributed by atoms with Gasteiger partial charge in [0.25, 0.3) is 0 Å². The number of ether oxygens (including phenoxy) is 2. The molecule has 27 heavy (non-hydrogen) atoms. The van der Waals surface area contributed by atoms with E-state index in [0.717, 1.165) is 5.69 Å². The van der Waals surface area contributed by atoms with Crippen molar-refractivity contribution in [2.45, 2.75) is 12.1 Å². The molecule has 0 saturated carbocycles. The second-order valence-electron chi connectivity index (χ2n) is 5.34. The molecule has 2 aromatic carbocycles. The van der Waals surface area contributed by atoms with Gasteiger partial charge in [-0.15, -0.1) is 5.10 Å². The molecule has 0 aliphatic rings. The SMILES string of the molecule is CCOc1ccccc1-n1nnnc1SCC(=O)Nc1cccc(OC)c1. The minimum absolute atomic E-state index is 0.161. The van der Waals surface area contributed by atoms with E-state index in [0.29, 0.717) is 28.9 Å². The lowest BCUT2D eigenvalue weighted by Crippen LogP contribution is -2.14. The van der Waals surface area contributed by atoms with Gasteiger partial charge >= 0.3 is 0 Å². The number of anilines is 1. The Bertz CT molecular complexity index is 915. The Morgan fingerprint density at radius 1 is 1.22 bits per heavy atom. The lowest BCUT2D eigenvalue weighted by atomic mass is 10.3. The zero-order valence-electron chi connectivity index (χ0n) is 15.0. The lowest BCUT2D eigenvalue weighted by Gasteiger charge is -2.10. The fourth-order valence-corrected chi connectivity index (χ4v) is 3.04. The van der Waals surface area contributed by atoms with Gasteiger partial charge in [-0.05, 0) is 41.6 Å². The predicted molar refractivity (Wildman–Crippen MR) is 103 cm³/mol. The van der Waals surface area contributed by atoms with Crippen LogP contribution in [0.25, 0.3) is 5.69 Å². The maximum Gasteiger partial charge on any atom is 0.234 e. The van der Waals surface area contributed by atoms with Crippen molar-refractivity contribution in [3.8, 4) is 17.2 Å². The van der Waals surface area contributed by atoms with Crippen molar-refractivity contribution in [1.29, 1.82) is 0 Å². The molecular weight excluding hydrogens is 366 g/mol. The van der Waals surface area contributed by atoms with Crippen LogP contribution in [0.4, 0.5) is 5.69 Å². The number of para-hydroxylation sites is 2. The molecule has 0 aliphatic carbocycles. The van der Waals surface area contributed by atoms with Crippen LogP contribution in [0.3, 0.4) is 0 Å². The number of amides is 1. The molecule has 3 aromatic rings. The summed E-state index contributed by atoms with van der Waals surface area (Å²) < 4.78 is 12.3. The Balaban J connectivity index is 1.67. The van der Waals surface area contributed by atoms with E-state index in [1.54, 1.807) is 23.9 Å². The molecule has 1 heterocycles. The molecule has 0 atom stereocenters. The molecule has 9 heteroatoms. The first-order valence-electron chi connectivity index (χ1n) is 8.28. The summed E-state index contributed by atoms with van der Waals surface area (Å²) in [4.78, 5) is 12.2. The van der Waals surface area contributed by atoms with Crippen LogP contribution >= 0.6 is 11.8 Å². The molecule has 0 saturated heterocycles. The number of hydrogen-bond donors (Lipinski definition) is 1. The highest BCUT2D eigenvalue weighted by atomic mass is 32.2. The number of aromatic nitrogens is 4. The van der Waals surface area contributed by atoms with Crippen molar-refractivity contribution in [2.75, 3.05) is 24.8 Å². The Labute approximate surface area is 160 Å². The fraction of sp³-hybridized carbons (Fsp3) is 0.222. The number of benzene rings is 2. The van der Waals surface area contributed by atoms with Crippen molar-refractivity contribution in [3.05, 3.63) is 48.5 Å². The summed E-state index contributed by atoms with van der Waals surface area (Å²) in [6.45, 7) is 2.44. The van der Waals surface area contributed by atoms with E-state index in [2.05, 4.69) is 20.8 Å². The van der Waals surface area contributed by atoms with Gasteiger partial charge in [0.15, 0.2) is 0 Å². The third kappa shape index (κ3) is 4.76. The van der Waals surface area contributed by atoms with Crippen molar-refractivity contribution < 1.29 is 14.3 Å². The average Bonchev–Trinajstić information content (AvgIpc) is 3.15. The molecule has 1 aromatic heterocycles. The number of nitrogens with one attached hydrogen (secondary N) is 1. The van der Waals surface area contributed by atoms with Gasteiger partial charge < -0.3 is 14.8 Å². The Kier molecular flexibility index (Phi) is 6.26. The molecule has 0 aliphatic heterocycles. The summed E-state index contributed by atoms with van der Waals surface area (Å²) in [6.07, 6.45) is 0. The Hall–Kier alpha value is -3.07. The van der Waals surface area contributed by atoms with Gasteiger partial charge in [0.05, 0.1) is 19.5 Å². The van der Waals surface area contributed by atoms with Crippen molar-refractivity contribution in [1.82, 2.24) is 20.2 Å². The van der Waals surface area contributed by atoms with Gasteiger partial charge in [-0.2, -0.15) is 4.68 Å². The highest BCUT2D eigenvalue weighted by molar-refractivity contribution is 7.99. The number of rotatable bonds is 8. The van der Waals surface area contributed by atoms with Crippen LogP contribution in [0.2, 0.25) is 0 Å². The molecule has 1 amide bonds. The molecular formula is C18H19N5O3S. The molecule has 3 rings (SSSR count). The van der Waals surface area contributed by atoms with Crippen LogP contribution in [0.5, 0.6) is 11.5 Å². The molecule has 1 N–H and O–H groups in total. The summed E-state index contributed by atoms with van der Waals surface area (Å²) in [5, 5.41) is 15.1. The molecule has 0 fully saturated rings. The normalized spacial score (nSPS) is 10.4. The Morgan fingerprint density at radius 3 is 2.89 bits per heavy atom. The largest absolute Gasteiger partial charge is 0.497 e. The number of thioether (sulfide) groups is 1. The highest BCUT2D eigenvalue weighted by Crippen LogP contribution is 2.26. The Morgan fingerprint density at radius 2 is 2.07 bits per heavy atom. The fourth-order valence-electron chi connectivity index (χ4n) is 2.36. The van der Waals surface area contributed by atoms with E-state index in [-0.39, 0.29) is 11.7 Å². The molecule has 0 spiro atoms. The van der Waals surface area contributed by atoms with Gasteiger partial charge in [0.2, 0.25) is 11.1 Å². The van der Waals surface area contributed by atoms with Crippen LogP contribution in [-0.2, 0) is 4.79 Å². The summed E-state index contributed by atoms with van der Waals surface area (Å²) in [5.41, 5.74) is 1.39. The van der Waals surface area contributed by atoms with E-state index in [9.17, 15) is 4.79 Å². The van der Waals surface area contributed by atoms with Crippen LogP contribution in [0.15, 0.2) is 53.7 Å². The second kappa shape index (κ2) is 9.04. The van der Waals surface area contributed by atoms with Gasteiger partial charge in [0.1, 0.15) is 17.2 Å². The standard InChI is InChI=1S/C18H19N5O3S/c1-3-26-16-10-5-4-9-15(16)23-18(20-21-22-23)27-12-17(24)19-13-7-6-8-14(11-13)25-2/h4-11H,3,12H2,1-2H3,(H,19,24). The molecule has 8 nitrogen and oxygen atoms in total. The monoisotopic (exact) mass is 385 g/mol. The molecule has 0 unspecified atom stereocenters. The average molecular weight is 385 g/mol. The number of carbonyl (C=O) groups is 1. The maximum atomic E-state index is 12.2. The van der Waals surface area contributed by atoms with Crippen molar-refractivity contribution in [3.63, 3.8) is 0 Å². The quantitative estimate of drug-likeness (QED) is 0.596. The summed E-state index contributed by atoms with van der Waals surface area (Å²) in [7, 11) is 1.58. The van der Waals surface area contributed by atoms with Gasteiger partial charge in [-0.25, -0.2) is 0 Å². The van der Waals surface area contributed by atoms with Gasteiger partial charge in [-0.1, -0.05) is 30.0 Å². The number of tetrazole rings is 1. The second-order valence-corrected chi connectivity index (χ2v) is 6.29. The van der Waals surface area contributed by atoms with Gasteiger partial charge in [0, 0.05) is 11.8 Å². The minimum Gasteiger partial charge on any atom is -0.497 e. The predicted octanol–water partition coefficient (Wildman–Crippen LogP) is 2.80. The number of hydrogen-bond acceptors (Lipinski definition) is 7. The molecule has 0 radical (unpaired) electrons. The molecule has 140 valence electrons. The summed E-state index contributed by atoms with van der Waals surface area (Å²) >= 11 is 1.24. The minimum atomic E-state index is -0.166. The lowest BCUT2D eigenvalue weighted by molar-refractivity contribution is -0.113. The van der Waals surface area contributed by atoms with Crippen LogP contribution in [0.1, 0.15) is 6.92 Å². The maximum absolute atomic E-state index is 12.2. The smallest absolute Gasteiger partial charge is 0.234 e. The zero-order valence-corrected chi connectivity index (χ0v) is 15.8. The van der Waals surface area contributed by atoms with Crippen LogP contribution in [0, 0.1) is 0 Å². The van der Waals surface area contributed by atoms with E-state index < -0.39 is 0 Å². The molecule has 0 bridgehead atoms. The number of carbonyl (C=O) groups excluding carboxylic acids is 1. The summed E-state index contributed by atoms with van der Waals surface area (Å²) in [5.74, 6) is 1.35. The van der Waals surface area contributed by atoms with E-state index in [1.807, 2.05) is 43.3 Å². The first-order valence-corrected chi connectivity index (χ1v) is 9.27. The third-order valence-electron chi connectivity index (χ3n) is 3.52. The van der Waals surface area contributed by atoms with Crippen molar-refractivity contribution >= 4 is 23.4 Å². The number of methoxy groups -OCH3 is 1. The van der Waals surface area contributed by atoms with Crippen molar-refractivity contribution in [2.24, 2.45) is 0 Å². The van der Waals surface area contributed by atoms with Gasteiger partial charge in [-0.3, -0.25) is 4.79 Å². The number of nitrogens with zero attached hydrogens (tertiary/aromatic N) is 4. The summed E-state index contributed by atoms with van der Waals surface area (Å²) in [6, 6.07) is 14.7. The highest BCUT2D eigenvalue weighted by Gasteiger charge is 2.15. The van der Waals surface area contributed by atoms with Crippen LogP contribution < -0.4 is 14.8 Å². The van der Waals surface area contributed by atoms with E-state index >= 15 is 0 Å². The van der Waals surface area contributed by atoms with E-state index in [1.165, 1.54) is 11.8 Å². The van der Waals surface area contributed by atoms with Crippen LogP contribution in [-0.4, -0.2) is 45.6 Å². The zero-order chi connectivity index (χ0) is 19.1. The third-order valence-corrected chi connectivity index (χ3v) is 4.44.